The van der Waals surface area contributed by atoms with Crippen molar-refractivity contribution in [3.8, 4) is 0 Å². The van der Waals surface area contributed by atoms with Crippen molar-refractivity contribution < 1.29 is 19.8 Å². The van der Waals surface area contributed by atoms with Gasteiger partial charge in [-0.2, -0.15) is 0 Å². The molecule has 8 heteroatoms. The first kappa shape index (κ1) is 19.0. The minimum absolute atomic E-state index is 0.0443. The molecule has 2 aromatic rings. The first-order valence-corrected chi connectivity index (χ1v) is 9.31. The smallest absolute Gasteiger partial charge is 0.261 e. The number of amides is 2. The number of aliphatic hydroxyl groups is 2. The number of aliphatic hydroxyl groups excluding tert-OH is 2. The number of carbonyl (C=O) groups is 2. The molecule has 0 aliphatic carbocycles. The van der Waals surface area contributed by atoms with Crippen LogP contribution in [0.3, 0.4) is 0 Å². The lowest BCUT2D eigenvalue weighted by molar-refractivity contribution is 0.0584. The Morgan fingerprint density at radius 1 is 0.923 bits per heavy atom. The van der Waals surface area contributed by atoms with Crippen molar-refractivity contribution in [3.05, 3.63) is 39.9 Å². The molecule has 1 heterocycles. The van der Waals surface area contributed by atoms with Gasteiger partial charge in [0.2, 0.25) is 0 Å². The van der Waals surface area contributed by atoms with Crippen LogP contribution < -0.4 is 5.46 Å². The lowest BCUT2D eigenvalue weighted by Crippen LogP contribution is -2.45. The first-order valence-electron chi connectivity index (χ1n) is 8.51. The topological polar surface area (TPSA) is 81.1 Å². The molecule has 0 saturated carbocycles. The molecule has 0 saturated heterocycles. The van der Waals surface area contributed by atoms with Gasteiger partial charge in [-0.3, -0.25) is 19.4 Å². The van der Waals surface area contributed by atoms with E-state index in [4.69, 9.17) is 10.2 Å². The standard InChI is InChI=1S/C18H20BBrN2O4/c19-13-3-1-11-15-12(2-4-14(20)16(13)15)18(26)22(17(11)25)6-5-21(7-9-23)8-10-24/h1-4,23-24H,5-10,19H2. The second kappa shape index (κ2) is 7.88. The van der Waals surface area contributed by atoms with Gasteiger partial charge in [-0.1, -0.05) is 27.5 Å². The van der Waals surface area contributed by atoms with Gasteiger partial charge in [-0.15, -0.1) is 0 Å². The molecule has 2 N–H and O–H groups in total. The summed E-state index contributed by atoms with van der Waals surface area (Å²) in [6.45, 7) is 1.29. The van der Waals surface area contributed by atoms with Gasteiger partial charge in [0.25, 0.3) is 11.8 Å². The highest BCUT2D eigenvalue weighted by Gasteiger charge is 2.33. The Balaban J connectivity index is 1.95. The van der Waals surface area contributed by atoms with Crippen molar-refractivity contribution in [2.45, 2.75) is 0 Å². The van der Waals surface area contributed by atoms with Gasteiger partial charge in [0, 0.05) is 47.2 Å². The Hall–Kier alpha value is -1.74. The van der Waals surface area contributed by atoms with Crippen molar-refractivity contribution in [2.75, 3.05) is 39.4 Å². The van der Waals surface area contributed by atoms with E-state index in [1.165, 1.54) is 4.90 Å². The molecular formula is C18H20BBrN2O4. The Bertz CT molecular complexity index is 811. The molecule has 1 aliphatic rings. The summed E-state index contributed by atoms with van der Waals surface area (Å²) in [5, 5.41) is 19.8. The van der Waals surface area contributed by atoms with E-state index in [9.17, 15) is 9.59 Å². The first-order chi connectivity index (χ1) is 12.5. The van der Waals surface area contributed by atoms with Gasteiger partial charge in [0.05, 0.1) is 13.2 Å². The second-order valence-corrected chi connectivity index (χ2v) is 7.18. The number of benzene rings is 2. The number of imide groups is 1. The van der Waals surface area contributed by atoms with Gasteiger partial charge >= 0.3 is 0 Å². The zero-order chi connectivity index (χ0) is 18.8. The summed E-state index contributed by atoms with van der Waals surface area (Å²) in [6.07, 6.45) is 0. The number of carbonyl (C=O) groups excluding carboxylic acids is 2. The Morgan fingerprint density at radius 2 is 1.50 bits per heavy atom. The highest BCUT2D eigenvalue weighted by Crippen LogP contribution is 2.33. The average Bonchev–Trinajstić information content (AvgIpc) is 2.61. The molecule has 1 aliphatic heterocycles. The maximum atomic E-state index is 12.9. The molecule has 26 heavy (non-hydrogen) atoms. The van der Waals surface area contributed by atoms with Crippen LogP contribution in [0.2, 0.25) is 0 Å². The van der Waals surface area contributed by atoms with E-state index >= 15 is 0 Å². The lowest BCUT2D eigenvalue weighted by Gasteiger charge is -2.30. The van der Waals surface area contributed by atoms with E-state index in [0.717, 1.165) is 15.3 Å². The van der Waals surface area contributed by atoms with Gasteiger partial charge in [-0.25, -0.2) is 0 Å². The van der Waals surface area contributed by atoms with Crippen molar-refractivity contribution in [1.82, 2.24) is 9.80 Å². The Labute approximate surface area is 160 Å². The van der Waals surface area contributed by atoms with Crippen LogP contribution in [0, 0.1) is 0 Å². The van der Waals surface area contributed by atoms with Crippen LogP contribution in [0.25, 0.3) is 10.8 Å². The third-order valence-corrected chi connectivity index (χ3v) is 5.40. The van der Waals surface area contributed by atoms with E-state index in [-0.39, 0.29) is 31.6 Å². The van der Waals surface area contributed by atoms with Crippen LogP contribution >= 0.6 is 15.9 Å². The van der Waals surface area contributed by atoms with Crippen LogP contribution in [-0.4, -0.2) is 79.1 Å². The molecule has 136 valence electrons. The SMILES string of the molecule is Bc1ccc2c3c(ccc(Br)c13)C(=O)N(CCN(CCO)CCO)C2=O. The van der Waals surface area contributed by atoms with Crippen LogP contribution in [0.15, 0.2) is 28.7 Å². The summed E-state index contributed by atoms with van der Waals surface area (Å²) in [6, 6.07) is 7.25. The van der Waals surface area contributed by atoms with E-state index in [1.807, 2.05) is 24.9 Å². The summed E-state index contributed by atoms with van der Waals surface area (Å²) in [7, 11) is 1.95. The van der Waals surface area contributed by atoms with Crippen molar-refractivity contribution in [1.29, 1.82) is 0 Å². The van der Waals surface area contributed by atoms with Gasteiger partial charge in [-0.05, 0) is 23.6 Å². The summed E-state index contributed by atoms with van der Waals surface area (Å²) in [4.78, 5) is 28.9. The molecule has 2 aromatic carbocycles. The molecule has 0 fully saturated rings. The second-order valence-electron chi connectivity index (χ2n) is 6.33. The van der Waals surface area contributed by atoms with Crippen molar-refractivity contribution in [2.24, 2.45) is 0 Å². The number of nitrogens with zero attached hydrogens (tertiary/aromatic N) is 2. The number of halogens is 1. The largest absolute Gasteiger partial charge is 0.395 e. The zero-order valence-corrected chi connectivity index (χ0v) is 16.1. The normalized spacial score (nSPS) is 13.9. The predicted molar refractivity (Wildman–Crippen MR) is 106 cm³/mol. The Kier molecular flexibility index (Phi) is 5.77. The molecule has 3 rings (SSSR count). The number of hydrogen-bond acceptors (Lipinski definition) is 5. The summed E-state index contributed by atoms with van der Waals surface area (Å²) < 4.78 is 0.863. The van der Waals surface area contributed by atoms with Gasteiger partial charge in [0.15, 0.2) is 0 Å². The number of hydrogen-bond donors (Lipinski definition) is 2. The number of rotatable bonds is 7. The van der Waals surface area contributed by atoms with Crippen LogP contribution in [0.4, 0.5) is 0 Å². The minimum atomic E-state index is -0.307. The molecular weight excluding hydrogens is 399 g/mol. The molecule has 0 aromatic heterocycles. The average molecular weight is 419 g/mol. The minimum Gasteiger partial charge on any atom is -0.395 e. The fourth-order valence-corrected chi connectivity index (χ4v) is 4.06. The predicted octanol–water partition coefficient (Wildman–Crippen LogP) is -0.257. The Morgan fingerprint density at radius 3 is 2.08 bits per heavy atom. The van der Waals surface area contributed by atoms with E-state index in [0.29, 0.717) is 36.1 Å². The van der Waals surface area contributed by atoms with Crippen LogP contribution in [0.5, 0.6) is 0 Å². The quantitative estimate of drug-likeness (QED) is 0.478. The highest BCUT2D eigenvalue weighted by atomic mass is 79.9. The van der Waals surface area contributed by atoms with E-state index < -0.39 is 0 Å². The van der Waals surface area contributed by atoms with Gasteiger partial charge < -0.3 is 10.2 Å². The molecule has 0 atom stereocenters. The van der Waals surface area contributed by atoms with E-state index in [1.54, 1.807) is 12.1 Å². The van der Waals surface area contributed by atoms with Crippen LogP contribution in [-0.2, 0) is 0 Å². The summed E-state index contributed by atoms with van der Waals surface area (Å²) >= 11 is 3.52. The molecule has 2 amide bonds. The highest BCUT2D eigenvalue weighted by molar-refractivity contribution is 9.10. The molecule has 6 nitrogen and oxygen atoms in total. The van der Waals surface area contributed by atoms with Crippen molar-refractivity contribution in [3.63, 3.8) is 0 Å². The third kappa shape index (κ3) is 3.30. The summed E-state index contributed by atoms with van der Waals surface area (Å²) in [5.74, 6) is -0.614. The van der Waals surface area contributed by atoms with Crippen molar-refractivity contribution >= 4 is 51.8 Å². The molecule has 0 radical (unpaired) electrons. The van der Waals surface area contributed by atoms with E-state index in [2.05, 4.69) is 15.9 Å². The fraction of sp³-hybridized carbons (Fsp3) is 0.333. The molecule has 0 bridgehead atoms. The fourth-order valence-electron chi connectivity index (χ4n) is 3.42. The summed E-state index contributed by atoms with van der Waals surface area (Å²) in [5.41, 5.74) is 2.05. The lowest BCUT2D eigenvalue weighted by atomic mass is 9.84. The maximum Gasteiger partial charge on any atom is 0.261 e. The molecule has 0 spiro atoms. The van der Waals surface area contributed by atoms with Crippen LogP contribution in [0.1, 0.15) is 20.7 Å². The maximum absolute atomic E-state index is 12.9. The third-order valence-electron chi connectivity index (χ3n) is 4.74. The van der Waals surface area contributed by atoms with Gasteiger partial charge in [0.1, 0.15) is 7.85 Å². The zero-order valence-electron chi connectivity index (χ0n) is 14.5. The molecule has 0 unspecified atom stereocenters. The monoisotopic (exact) mass is 418 g/mol.